The second kappa shape index (κ2) is 4.25. The fourth-order valence-electron chi connectivity index (χ4n) is 4.44. The zero-order valence-electron chi connectivity index (χ0n) is 12.2. The summed E-state index contributed by atoms with van der Waals surface area (Å²) >= 11 is 0. The lowest BCUT2D eigenvalue weighted by Crippen LogP contribution is -2.54. The van der Waals surface area contributed by atoms with E-state index in [2.05, 4.69) is 5.10 Å². The molecule has 4 rings (SSSR count). The first kappa shape index (κ1) is 16.2. The molecule has 0 aliphatic heterocycles. The number of hydrogen-bond acceptors (Lipinski definition) is 2. The van der Waals surface area contributed by atoms with E-state index >= 15 is 0 Å². The van der Waals surface area contributed by atoms with Crippen molar-refractivity contribution in [3.05, 3.63) is 17.0 Å². The number of fused-ring (bicyclic) bond motifs is 1. The van der Waals surface area contributed by atoms with Crippen LogP contribution in [0.5, 0.6) is 0 Å². The molecular weight excluding hydrogens is 345 g/mol. The van der Waals surface area contributed by atoms with E-state index in [1.54, 1.807) is 0 Å². The molecule has 2 fully saturated rings. The molecule has 10 heteroatoms. The van der Waals surface area contributed by atoms with Crippen LogP contribution < -0.4 is 0 Å². The summed E-state index contributed by atoms with van der Waals surface area (Å²) in [5, 5.41) is 13.0. The number of aliphatic hydroxyl groups is 1. The summed E-state index contributed by atoms with van der Waals surface area (Å²) in [5.41, 5.74) is -3.36. The quantitative estimate of drug-likeness (QED) is 0.774. The molecule has 134 valence electrons. The third kappa shape index (κ3) is 2.11. The fraction of sp³-hybridized carbons (Fsp3) is 0.786. The van der Waals surface area contributed by atoms with E-state index < -0.39 is 53.3 Å². The predicted octanol–water partition coefficient (Wildman–Crippen LogP) is 3.88. The number of aromatic nitrogens is 2. The second-order valence-electron chi connectivity index (χ2n) is 7.26. The number of alkyl halides is 7. The summed E-state index contributed by atoms with van der Waals surface area (Å²) < 4.78 is 93.4. The van der Waals surface area contributed by atoms with Gasteiger partial charge in [-0.05, 0) is 18.3 Å². The Morgan fingerprint density at radius 2 is 1.67 bits per heavy atom. The minimum absolute atomic E-state index is 0.190. The minimum Gasteiger partial charge on any atom is -0.382 e. The number of halogens is 7. The lowest BCUT2D eigenvalue weighted by molar-refractivity contribution is -0.204. The largest absolute Gasteiger partial charge is 0.435 e. The Balaban J connectivity index is 1.66. The Morgan fingerprint density at radius 3 is 2.17 bits per heavy atom. The van der Waals surface area contributed by atoms with Crippen LogP contribution in [0.1, 0.15) is 54.8 Å². The first-order chi connectivity index (χ1) is 10.8. The van der Waals surface area contributed by atoms with Gasteiger partial charge in [0.15, 0.2) is 5.69 Å². The van der Waals surface area contributed by atoms with Gasteiger partial charge in [0.05, 0.1) is 18.2 Å². The van der Waals surface area contributed by atoms with Gasteiger partial charge in [-0.3, -0.25) is 4.68 Å². The maximum absolute atomic E-state index is 13.7. The highest BCUT2D eigenvalue weighted by atomic mass is 19.4. The third-order valence-electron chi connectivity index (χ3n) is 5.35. The molecule has 1 aromatic heterocycles. The van der Waals surface area contributed by atoms with Gasteiger partial charge in [0, 0.05) is 18.4 Å². The molecule has 1 aromatic rings. The van der Waals surface area contributed by atoms with E-state index in [1.165, 1.54) is 0 Å². The van der Waals surface area contributed by atoms with Crippen molar-refractivity contribution >= 4 is 0 Å². The fourth-order valence-corrected chi connectivity index (χ4v) is 4.44. The smallest absolute Gasteiger partial charge is 0.382 e. The van der Waals surface area contributed by atoms with Crippen LogP contribution in [-0.4, -0.2) is 26.7 Å². The predicted molar refractivity (Wildman–Crippen MR) is 65.7 cm³/mol. The summed E-state index contributed by atoms with van der Waals surface area (Å²) in [6.45, 7) is 0. The molecule has 3 aliphatic rings. The second-order valence-corrected chi connectivity index (χ2v) is 7.26. The number of nitrogens with zero attached hydrogens (tertiary/aromatic N) is 2. The average molecular weight is 358 g/mol. The third-order valence-corrected chi connectivity index (χ3v) is 5.35. The van der Waals surface area contributed by atoms with E-state index in [4.69, 9.17) is 0 Å². The molecule has 1 unspecified atom stereocenters. The van der Waals surface area contributed by atoms with Gasteiger partial charge in [-0.2, -0.15) is 18.3 Å². The van der Waals surface area contributed by atoms with E-state index in [-0.39, 0.29) is 31.4 Å². The normalized spacial score (nSPS) is 30.1. The first-order valence-corrected chi connectivity index (χ1v) is 7.46. The molecular formula is C14H13F7N2O. The summed E-state index contributed by atoms with van der Waals surface area (Å²) in [5.74, 6) is -6.45. The maximum Gasteiger partial charge on any atom is 0.435 e. The molecule has 0 saturated heterocycles. The first-order valence-electron chi connectivity index (χ1n) is 7.46. The van der Waals surface area contributed by atoms with Crippen LogP contribution in [0.3, 0.4) is 0 Å². The van der Waals surface area contributed by atoms with Gasteiger partial charge >= 0.3 is 6.18 Å². The lowest BCUT2D eigenvalue weighted by atomic mass is 9.52. The Hall–Kier alpha value is -1.32. The molecule has 3 aliphatic carbocycles. The maximum atomic E-state index is 13.7. The van der Waals surface area contributed by atoms with Crippen molar-refractivity contribution in [2.75, 3.05) is 0 Å². The molecule has 0 bridgehead atoms. The van der Waals surface area contributed by atoms with Crippen LogP contribution in [0, 0.1) is 5.41 Å². The highest BCUT2D eigenvalue weighted by molar-refractivity contribution is 5.38. The van der Waals surface area contributed by atoms with Crippen LogP contribution >= 0.6 is 0 Å². The van der Waals surface area contributed by atoms with Gasteiger partial charge in [-0.25, -0.2) is 17.6 Å². The van der Waals surface area contributed by atoms with Crippen molar-refractivity contribution in [2.45, 2.75) is 62.3 Å². The molecule has 1 atom stereocenters. The van der Waals surface area contributed by atoms with Gasteiger partial charge in [0.2, 0.25) is 5.92 Å². The van der Waals surface area contributed by atoms with E-state index in [0.29, 0.717) is 0 Å². The van der Waals surface area contributed by atoms with Crippen LogP contribution in [0.4, 0.5) is 30.7 Å². The Kier molecular flexibility index (Phi) is 2.87. The molecule has 0 amide bonds. The van der Waals surface area contributed by atoms with Gasteiger partial charge < -0.3 is 5.11 Å². The lowest BCUT2D eigenvalue weighted by Gasteiger charge is -2.57. The van der Waals surface area contributed by atoms with Crippen LogP contribution in [-0.2, 0) is 12.6 Å². The van der Waals surface area contributed by atoms with Crippen molar-refractivity contribution in [2.24, 2.45) is 5.41 Å². The Morgan fingerprint density at radius 1 is 1.08 bits per heavy atom. The summed E-state index contributed by atoms with van der Waals surface area (Å²) in [4.78, 5) is 0. The van der Waals surface area contributed by atoms with Crippen molar-refractivity contribution in [1.29, 1.82) is 0 Å². The highest BCUT2D eigenvalue weighted by Crippen LogP contribution is 2.66. The van der Waals surface area contributed by atoms with Gasteiger partial charge in [-0.15, -0.1) is 0 Å². The summed E-state index contributed by atoms with van der Waals surface area (Å²) in [6, 6.07) is -0.618. The van der Waals surface area contributed by atoms with Crippen LogP contribution in [0.25, 0.3) is 0 Å². The topological polar surface area (TPSA) is 38.1 Å². The number of aliphatic hydroxyl groups excluding tert-OH is 1. The van der Waals surface area contributed by atoms with Crippen molar-refractivity contribution in [1.82, 2.24) is 9.78 Å². The van der Waals surface area contributed by atoms with Crippen molar-refractivity contribution in [3.8, 4) is 0 Å². The SMILES string of the molecule is OC1c2c(C(F)(F)F)nn(C3CC4(C3)CC(F)(F)C4)c2CC1(F)F. The highest BCUT2D eigenvalue weighted by Gasteiger charge is 2.63. The van der Waals surface area contributed by atoms with Crippen LogP contribution in [0.2, 0.25) is 0 Å². The average Bonchev–Trinajstić information content (AvgIpc) is 2.79. The molecule has 1 heterocycles. The molecule has 2 saturated carbocycles. The van der Waals surface area contributed by atoms with Crippen molar-refractivity contribution in [3.63, 3.8) is 0 Å². The molecule has 1 N–H and O–H groups in total. The Bertz CT molecular complexity index is 693. The monoisotopic (exact) mass is 358 g/mol. The standard InChI is InChI=1S/C14H13F7N2O/c15-12(16)4-11(5-12)1-6(2-11)23-7-3-13(17,18)10(24)8(7)9(22-23)14(19,20)21/h6,10,24H,1-5H2. The zero-order chi connectivity index (χ0) is 17.7. The van der Waals surface area contributed by atoms with E-state index in [1.807, 2.05) is 0 Å². The minimum atomic E-state index is -4.97. The summed E-state index contributed by atoms with van der Waals surface area (Å²) in [7, 11) is 0. The summed E-state index contributed by atoms with van der Waals surface area (Å²) in [6.07, 6.45) is -8.84. The molecule has 0 radical (unpaired) electrons. The Labute approximate surface area is 131 Å². The number of rotatable bonds is 1. The van der Waals surface area contributed by atoms with Gasteiger partial charge in [-0.1, -0.05) is 0 Å². The molecule has 0 aromatic carbocycles. The van der Waals surface area contributed by atoms with Gasteiger partial charge in [0.1, 0.15) is 6.10 Å². The molecule has 3 nitrogen and oxygen atoms in total. The van der Waals surface area contributed by atoms with Crippen LogP contribution in [0.15, 0.2) is 0 Å². The van der Waals surface area contributed by atoms with Crippen molar-refractivity contribution < 1.29 is 35.8 Å². The van der Waals surface area contributed by atoms with Gasteiger partial charge in [0.25, 0.3) is 5.92 Å². The zero-order valence-corrected chi connectivity index (χ0v) is 12.2. The molecule has 1 spiro atoms. The number of hydrogen-bond donors (Lipinski definition) is 1. The molecule has 24 heavy (non-hydrogen) atoms. The van der Waals surface area contributed by atoms with E-state index in [9.17, 15) is 35.8 Å². The van der Waals surface area contributed by atoms with E-state index in [0.717, 1.165) is 4.68 Å².